The Morgan fingerprint density at radius 2 is 1.89 bits per heavy atom. The Morgan fingerprint density at radius 1 is 1.19 bits per heavy atom. The Labute approximate surface area is 171 Å². The van der Waals surface area contributed by atoms with Crippen LogP contribution in [0.1, 0.15) is 0 Å². The number of nitrogens with zero attached hydrogens (tertiary/aromatic N) is 1. The van der Waals surface area contributed by atoms with E-state index in [-0.39, 0.29) is 5.69 Å². The molecule has 0 fully saturated rings. The molecule has 2 aromatic rings. The zero-order valence-electron chi connectivity index (χ0n) is 14.8. The number of carbonyl (C=O) groups is 1. The summed E-state index contributed by atoms with van der Waals surface area (Å²) in [4.78, 5) is 12.4. The minimum Gasteiger partial charge on any atom is -0.497 e. The van der Waals surface area contributed by atoms with Crippen molar-refractivity contribution in [2.75, 3.05) is 36.6 Å². The highest BCUT2D eigenvalue weighted by atomic mass is 79.9. The number of nitrogens with one attached hydrogen (secondary N) is 1. The lowest BCUT2D eigenvalue weighted by atomic mass is 10.2. The van der Waals surface area contributed by atoms with E-state index >= 15 is 0 Å². The highest BCUT2D eigenvalue weighted by molar-refractivity contribution is 9.10. The molecule has 7 nitrogen and oxygen atoms in total. The summed E-state index contributed by atoms with van der Waals surface area (Å²) in [6.07, 6.45) is 1.01. The second-order valence-corrected chi connectivity index (χ2v) is 8.65. The number of sulfonamides is 1. The molecule has 0 aliphatic heterocycles. The van der Waals surface area contributed by atoms with Crippen molar-refractivity contribution >= 4 is 54.8 Å². The van der Waals surface area contributed by atoms with Gasteiger partial charge in [0.1, 0.15) is 18.0 Å². The molecule has 0 bridgehead atoms. The van der Waals surface area contributed by atoms with Crippen molar-refractivity contribution in [3.05, 3.63) is 45.9 Å². The summed E-state index contributed by atoms with van der Waals surface area (Å²) in [5.74, 6) is 0.184. The number of halogens is 2. The number of hydrogen-bond donors (Lipinski definition) is 1. The van der Waals surface area contributed by atoms with Crippen molar-refractivity contribution in [3.63, 3.8) is 0 Å². The third-order valence-electron chi connectivity index (χ3n) is 3.55. The number of anilines is 2. The van der Waals surface area contributed by atoms with Gasteiger partial charge in [-0.25, -0.2) is 8.42 Å². The Balaban J connectivity index is 2.32. The van der Waals surface area contributed by atoms with E-state index < -0.39 is 22.5 Å². The summed E-state index contributed by atoms with van der Waals surface area (Å²) in [5.41, 5.74) is 0.641. The van der Waals surface area contributed by atoms with Crippen LogP contribution in [0.15, 0.2) is 40.9 Å². The minimum absolute atomic E-state index is 0.198. The minimum atomic E-state index is -3.77. The van der Waals surface area contributed by atoms with E-state index in [0.717, 1.165) is 10.6 Å². The third kappa shape index (κ3) is 5.50. The first-order chi connectivity index (χ1) is 12.7. The van der Waals surface area contributed by atoms with E-state index in [2.05, 4.69) is 21.2 Å². The molecule has 0 aliphatic rings. The van der Waals surface area contributed by atoms with Crippen LogP contribution in [0.4, 0.5) is 11.4 Å². The molecule has 1 N–H and O–H groups in total. The van der Waals surface area contributed by atoms with Gasteiger partial charge in [0.05, 0.1) is 31.2 Å². The highest BCUT2D eigenvalue weighted by Gasteiger charge is 2.24. The molecule has 146 valence electrons. The molecular formula is C17H18BrClN2O5S. The number of rotatable bonds is 7. The topological polar surface area (TPSA) is 84.9 Å². The van der Waals surface area contributed by atoms with Crippen molar-refractivity contribution in [1.82, 2.24) is 0 Å². The number of ether oxygens (including phenoxy) is 2. The molecular weight excluding hydrogens is 460 g/mol. The molecule has 0 saturated carbocycles. The second-order valence-electron chi connectivity index (χ2n) is 5.48. The number of carbonyl (C=O) groups excluding carboxylic acids is 1. The van der Waals surface area contributed by atoms with Crippen molar-refractivity contribution in [1.29, 1.82) is 0 Å². The standard InChI is InChI=1S/C17H18BrClN2O5S/c1-25-12-5-7-16(26-2)15(9-12)21(27(3,23)24)10-17(22)20-11-4-6-13(18)14(19)8-11/h4-9H,10H2,1-3H3,(H,20,22). The first-order valence-electron chi connectivity index (χ1n) is 7.60. The van der Waals surface area contributed by atoms with Crippen LogP contribution in [0.3, 0.4) is 0 Å². The van der Waals surface area contributed by atoms with Crippen LogP contribution in [0, 0.1) is 0 Å². The molecule has 0 spiro atoms. The van der Waals surface area contributed by atoms with E-state index in [0.29, 0.717) is 26.7 Å². The lowest BCUT2D eigenvalue weighted by molar-refractivity contribution is -0.114. The smallest absolute Gasteiger partial charge is 0.245 e. The third-order valence-corrected chi connectivity index (χ3v) is 5.90. The van der Waals surface area contributed by atoms with Crippen LogP contribution in [-0.2, 0) is 14.8 Å². The fourth-order valence-corrected chi connectivity index (χ4v) is 3.56. The monoisotopic (exact) mass is 476 g/mol. The van der Waals surface area contributed by atoms with Gasteiger partial charge in [-0.2, -0.15) is 0 Å². The maximum Gasteiger partial charge on any atom is 0.245 e. The average molecular weight is 478 g/mol. The van der Waals surface area contributed by atoms with Gasteiger partial charge < -0.3 is 14.8 Å². The van der Waals surface area contributed by atoms with Gasteiger partial charge in [-0.3, -0.25) is 9.10 Å². The molecule has 0 atom stereocenters. The van der Waals surface area contributed by atoms with Crippen molar-refractivity contribution in [2.24, 2.45) is 0 Å². The zero-order chi connectivity index (χ0) is 20.2. The molecule has 0 heterocycles. The first kappa shape index (κ1) is 21.3. The van der Waals surface area contributed by atoms with Crippen molar-refractivity contribution < 1.29 is 22.7 Å². The maximum absolute atomic E-state index is 12.4. The summed E-state index contributed by atoms with van der Waals surface area (Å²) >= 11 is 9.27. The van der Waals surface area contributed by atoms with Crippen molar-refractivity contribution in [2.45, 2.75) is 0 Å². The molecule has 0 unspecified atom stereocenters. The van der Waals surface area contributed by atoms with Gasteiger partial charge in [-0.15, -0.1) is 0 Å². The number of benzene rings is 2. The fourth-order valence-electron chi connectivity index (χ4n) is 2.28. The van der Waals surface area contributed by atoms with E-state index in [1.165, 1.54) is 20.3 Å². The Morgan fingerprint density at radius 3 is 2.44 bits per heavy atom. The van der Waals surface area contributed by atoms with E-state index in [4.69, 9.17) is 21.1 Å². The predicted molar refractivity (Wildman–Crippen MR) is 110 cm³/mol. The van der Waals surface area contributed by atoms with Crippen LogP contribution in [0.5, 0.6) is 11.5 Å². The van der Waals surface area contributed by atoms with Gasteiger partial charge >= 0.3 is 0 Å². The van der Waals surface area contributed by atoms with Crippen LogP contribution >= 0.6 is 27.5 Å². The summed E-state index contributed by atoms with van der Waals surface area (Å²) in [6.45, 7) is -0.448. The van der Waals surface area contributed by atoms with Crippen LogP contribution in [0.2, 0.25) is 5.02 Å². The molecule has 10 heteroatoms. The first-order valence-corrected chi connectivity index (χ1v) is 10.6. The van der Waals surface area contributed by atoms with Gasteiger partial charge in [0.25, 0.3) is 0 Å². The number of methoxy groups -OCH3 is 2. The van der Waals surface area contributed by atoms with Gasteiger partial charge in [-0.1, -0.05) is 11.6 Å². The molecule has 0 radical (unpaired) electrons. The average Bonchev–Trinajstić information content (AvgIpc) is 2.61. The molecule has 2 aromatic carbocycles. The van der Waals surface area contributed by atoms with Gasteiger partial charge in [0, 0.05) is 16.2 Å². The summed E-state index contributed by atoms with van der Waals surface area (Å²) in [5, 5.41) is 3.04. The Hall–Kier alpha value is -1.97. The molecule has 0 aliphatic carbocycles. The highest BCUT2D eigenvalue weighted by Crippen LogP contribution is 2.33. The largest absolute Gasteiger partial charge is 0.497 e. The van der Waals surface area contributed by atoms with Crippen LogP contribution in [-0.4, -0.2) is 41.3 Å². The lowest BCUT2D eigenvalue weighted by Gasteiger charge is -2.24. The van der Waals surface area contributed by atoms with Crippen molar-refractivity contribution in [3.8, 4) is 11.5 Å². The summed E-state index contributed by atoms with van der Waals surface area (Å²) < 4.78 is 36.6. The van der Waals surface area contributed by atoms with E-state index in [1.807, 2.05) is 0 Å². The van der Waals surface area contributed by atoms with Crippen LogP contribution in [0.25, 0.3) is 0 Å². The summed E-state index contributed by atoms with van der Waals surface area (Å²) in [6, 6.07) is 9.57. The quantitative estimate of drug-likeness (QED) is 0.659. The Bertz CT molecular complexity index is 952. The fraction of sp³-hybridized carbons (Fsp3) is 0.235. The van der Waals surface area contributed by atoms with Gasteiger partial charge in [0.2, 0.25) is 15.9 Å². The molecule has 0 aromatic heterocycles. The second kappa shape index (κ2) is 8.81. The van der Waals surface area contributed by atoms with Gasteiger partial charge in [0.15, 0.2) is 0 Å². The van der Waals surface area contributed by atoms with E-state index in [1.54, 1.807) is 30.3 Å². The van der Waals surface area contributed by atoms with Gasteiger partial charge in [-0.05, 0) is 46.3 Å². The predicted octanol–water partition coefficient (Wildman–Crippen LogP) is 3.52. The van der Waals surface area contributed by atoms with Crippen LogP contribution < -0.4 is 19.1 Å². The maximum atomic E-state index is 12.4. The van der Waals surface area contributed by atoms with E-state index in [9.17, 15) is 13.2 Å². The normalized spacial score (nSPS) is 11.0. The lowest BCUT2D eigenvalue weighted by Crippen LogP contribution is -2.37. The molecule has 2 rings (SSSR count). The number of hydrogen-bond acceptors (Lipinski definition) is 5. The molecule has 27 heavy (non-hydrogen) atoms. The summed E-state index contributed by atoms with van der Waals surface area (Å²) in [7, 11) is -0.903. The molecule has 0 saturated heterocycles. The SMILES string of the molecule is COc1ccc(OC)c(N(CC(=O)Nc2ccc(Br)c(Cl)c2)S(C)(=O)=O)c1. The zero-order valence-corrected chi connectivity index (χ0v) is 18.0. The molecule has 1 amide bonds. The Kier molecular flexibility index (Phi) is 6.96. The number of amides is 1.